The average Bonchev–Trinajstić information content (AvgIpc) is 2.53. The molecule has 0 saturated heterocycles. The Morgan fingerprint density at radius 2 is 2.17 bits per heavy atom. The van der Waals surface area contributed by atoms with Gasteiger partial charge in [0.05, 0.1) is 17.2 Å². The molecular formula is C16H12N3O5-. The summed E-state index contributed by atoms with van der Waals surface area (Å²) in [5.74, 6) is -0.469. The highest BCUT2D eigenvalue weighted by atomic mass is 16.8. The van der Waals surface area contributed by atoms with Gasteiger partial charge in [-0.1, -0.05) is 12.1 Å². The van der Waals surface area contributed by atoms with Gasteiger partial charge in [-0.25, -0.2) is 4.79 Å². The number of aryl methyl sites for hydroxylation is 1. The number of hydrogen-bond donors (Lipinski definition) is 2. The molecule has 8 heteroatoms. The number of ether oxygens (including phenoxy) is 1. The number of nitrogens with two attached hydrogens (primary N) is 1. The third-order valence-corrected chi connectivity index (χ3v) is 3.68. The molecule has 2 heterocycles. The first-order valence-electron chi connectivity index (χ1n) is 6.90. The van der Waals surface area contributed by atoms with E-state index in [0.29, 0.717) is 11.3 Å². The van der Waals surface area contributed by atoms with Gasteiger partial charge in [-0.05, 0) is 24.6 Å². The second-order valence-electron chi connectivity index (χ2n) is 5.22. The zero-order chi connectivity index (χ0) is 17.4. The minimum Gasteiger partial charge on any atom is -0.733 e. The van der Waals surface area contributed by atoms with Gasteiger partial charge in [0.1, 0.15) is 23.2 Å². The average molecular weight is 326 g/mol. The fraction of sp³-hybridized carbons (Fsp3) is 0.125. The van der Waals surface area contributed by atoms with Crippen LogP contribution in [0.5, 0.6) is 5.75 Å². The molecular weight excluding hydrogens is 314 g/mol. The van der Waals surface area contributed by atoms with Gasteiger partial charge in [0.25, 0.3) is 0 Å². The van der Waals surface area contributed by atoms with Gasteiger partial charge >= 0.3 is 5.63 Å². The van der Waals surface area contributed by atoms with Crippen molar-refractivity contribution in [3.05, 3.63) is 74.3 Å². The SMILES string of the molecule is Cc1cc2c(c(=O)o1)[C@H](c1cccc(N([O-])O)c1)C(C#N)=C(N)O2. The van der Waals surface area contributed by atoms with E-state index >= 15 is 0 Å². The summed E-state index contributed by atoms with van der Waals surface area (Å²) in [6, 6.07) is 9.29. The van der Waals surface area contributed by atoms with E-state index in [1.165, 1.54) is 24.3 Å². The van der Waals surface area contributed by atoms with Crippen LogP contribution in [0.25, 0.3) is 0 Å². The molecule has 0 spiro atoms. The first kappa shape index (κ1) is 15.6. The molecule has 24 heavy (non-hydrogen) atoms. The standard InChI is InChI=1S/C16H12N3O5/c1-8-5-12-14(16(20)23-8)13(11(7-17)15(18)24-12)9-3-2-4-10(6-9)19(21)22/h2-6,13,21H,18H2,1H3/q-1/t13-/m1/s1. The second-order valence-corrected chi connectivity index (χ2v) is 5.22. The highest BCUT2D eigenvalue weighted by molar-refractivity contribution is 5.57. The zero-order valence-corrected chi connectivity index (χ0v) is 12.5. The Bertz CT molecular complexity index is 939. The van der Waals surface area contributed by atoms with E-state index in [4.69, 9.17) is 20.1 Å². The molecule has 2 aromatic rings. The number of hydrogen-bond acceptors (Lipinski definition) is 8. The molecule has 1 aliphatic rings. The fourth-order valence-electron chi connectivity index (χ4n) is 2.67. The van der Waals surface area contributed by atoms with Gasteiger partial charge in [0.2, 0.25) is 5.88 Å². The van der Waals surface area contributed by atoms with Gasteiger partial charge < -0.3 is 25.3 Å². The van der Waals surface area contributed by atoms with Crippen molar-refractivity contribution >= 4 is 5.69 Å². The third-order valence-electron chi connectivity index (χ3n) is 3.68. The summed E-state index contributed by atoms with van der Waals surface area (Å²) >= 11 is 0. The van der Waals surface area contributed by atoms with Crippen LogP contribution < -0.4 is 21.3 Å². The van der Waals surface area contributed by atoms with Crippen LogP contribution in [0.4, 0.5) is 5.69 Å². The van der Waals surface area contributed by atoms with E-state index in [9.17, 15) is 15.3 Å². The maximum absolute atomic E-state index is 12.3. The Kier molecular flexibility index (Phi) is 3.73. The molecule has 0 aliphatic carbocycles. The lowest BCUT2D eigenvalue weighted by Gasteiger charge is -2.27. The summed E-state index contributed by atoms with van der Waals surface area (Å²) in [6.07, 6.45) is 0. The van der Waals surface area contributed by atoms with Gasteiger partial charge in [-0.2, -0.15) is 5.26 Å². The lowest BCUT2D eigenvalue weighted by atomic mass is 9.84. The van der Waals surface area contributed by atoms with Crippen molar-refractivity contribution in [2.75, 3.05) is 5.23 Å². The van der Waals surface area contributed by atoms with E-state index < -0.39 is 11.5 Å². The molecule has 0 radical (unpaired) electrons. The summed E-state index contributed by atoms with van der Waals surface area (Å²) in [4.78, 5) is 12.3. The van der Waals surface area contributed by atoms with Gasteiger partial charge in [-0.15, -0.1) is 0 Å². The van der Waals surface area contributed by atoms with Crippen LogP contribution in [-0.4, -0.2) is 5.21 Å². The minimum atomic E-state index is -0.865. The van der Waals surface area contributed by atoms with Crippen LogP contribution in [0.3, 0.4) is 0 Å². The Hall–Kier alpha value is -3.28. The summed E-state index contributed by atoms with van der Waals surface area (Å²) in [7, 11) is 0. The summed E-state index contributed by atoms with van der Waals surface area (Å²) in [5.41, 5.74) is 5.65. The maximum Gasteiger partial charge on any atom is 0.343 e. The Labute approximate surface area is 136 Å². The minimum absolute atomic E-state index is 0.0196. The monoisotopic (exact) mass is 326 g/mol. The van der Waals surface area contributed by atoms with Crippen LogP contribution >= 0.6 is 0 Å². The smallest absolute Gasteiger partial charge is 0.343 e. The van der Waals surface area contributed by atoms with Crippen LogP contribution in [0, 0.1) is 23.5 Å². The number of fused-ring (bicyclic) bond motifs is 1. The van der Waals surface area contributed by atoms with E-state index in [1.807, 2.05) is 6.07 Å². The summed E-state index contributed by atoms with van der Waals surface area (Å²) < 4.78 is 10.5. The van der Waals surface area contributed by atoms with Gasteiger partial charge in [0.15, 0.2) is 0 Å². The number of nitriles is 1. The summed E-state index contributed by atoms with van der Waals surface area (Å²) in [5, 5.41) is 29.3. The number of allylic oxidation sites excluding steroid dienone is 1. The largest absolute Gasteiger partial charge is 0.733 e. The molecule has 0 unspecified atom stereocenters. The number of nitrogens with zero attached hydrogens (tertiary/aromatic N) is 2. The highest BCUT2D eigenvalue weighted by Crippen LogP contribution is 2.41. The second kappa shape index (κ2) is 5.73. The lowest BCUT2D eigenvalue weighted by Crippen LogP contribution is -2.26. The van der Waals surface area contributed by atoms with E-state index in [0.717, 1.165) is 0 Å². The van der Waals surface area contributed by atoms with Crippen molar-refractivity contribution in [2.24, 2.45) is 5.73 Å². The fourth-order valence-corrected chi connectivity index (χ4v) is 2.67. The number of anilines is 1. The Balaban J connectivity index is 2.28. The van der Waals surface area contributed by atoms with Gasteiger partial charge in [-0.3, -0.25) is 5.21 Å². The van der Waals surface area contributed by atoms with Crippen LogP contribution in [0.15, 0.2) is 51.0 Å². The highest BCUT2D eigenvalue weighted by Gasteiger charge is 2.34. The molecule has 1 aliphatic heterocycles. The van der Waals surface area contributed by atoms with E-state index in [-0.39, 0.29) is 33.7 Å². The van der Waals surface area contributed by atoms with Crippen LogP contribution in [0.1, 0.15) is 22.8 Å². The number of rotatable bonds is 2. The normalized spacial score (nSPS) is 16.2. The maximum atomic E-state index is 12.3. The predicted octanol–water partition coefficient (Wildman–Crippen LogP) is 1.86. The summed E-state index contributed by atoms with van der Waals surface area (Å²) in [6.45, 7) is 1.58. The molecule has 0 amide bonds. The molecule has 0 saturated carbocycles. The van der Waals surface area contributed by atoms with Crippen molar-refractivity contribution in [1.29, 1.82) is 5.26 Å². The molecule has 3 rings (SSSR count). The molecule has 122 valence electrons. The zero-order valence-electron chi connectivity index (χ0n) is 12.5. The van der Waals surface area contributed by atoms with Crippen molar-refractivity contribution in [1.82, 2.24) is 0 Å². The third kappa shape index (κ3) is 2.48. The first-order chi connectivity index (χ1) is 11.4. The molecule has 8 nitrogen and oxygen atoms in total. The topological polar surface area (TPSA) is 136 Å². The van der Waals surface area contributed by atoms with E-state index in [2.05, 4.69) is 0 Å². The predicted molar refractivity (Wildman–Crippen MR) is 83.1 cm³/mol. The molecule has 0 fully saturated rings. The van der Waals surface area contributed by atoms with E-state index in [1.54, 1.807) is 13.0 Å². The van der Waals surface area contributed by atoms with Crippen LogP contribution in [0.2, 0.25) is 0 Å². The van der Waals surface area contributed by atoms with Crippen molar-refractivity contribution in [2.45, 2.75) is 12.8 Å². The van der Waals surface area contributed by atoms with Gasteiger partial charge in [0, 0.05) is 6.07 Å². The number of benzene rings is 1. The molecule has 0 bridgehead atoms. The molecule has 1 aromatic carbocycles. The molecule has 1 atom stereocenters. The van der Waals surface area contributed by atoms with Crippen molar-refractivity contribution < 1.29 is 14.4 Å². The van der Waals surface area contributed by atoms with Crippen molar-refractivity contribution in [3.8, 4) is 11.8 Å². The van der Waals surface area contributed by atoms with Crippen LogP contribution in [-0.2, 0) is 0 Å². The quantitative estimate of drug-likeness (QED) is 0.798. The molecule has 1 aromatic heterocycles. The first-order valence-corrected chi connectivity index (χ1v) is 6.90. The van der Waals surface area contributed by atoms with Crippen molar-refractivity contribution in [3.63, 3.8) is 0 Å². The Morgan fingerprint density at radius 3 is 2.83 bits per heavy atom. The lowest BCUT2D eigenvalue weighted by molar-refractivity contribution is 0.296. The molecule has 3 N–H and O–H groups in total. The Morgan fingerprint density at radius 1 is 1.42 bits per heavy atom.